The lowest BCUT2D eigenvalue weighted by Gasteiger charge is -2.36. The predicted octanol–water partition coefficient (Wildman–Crippen LogP) is 5.95. The summed E-state index contributed by atoms with van der Waals surface area (Å²) in [5, 5.41) is -0.277. The van der Waals surface area contributed by atoms with Crippen molar-refractivity contribution < 1.29 is 22.3 Å². The molecule has 164 valence electrons. The van der Waals surface area contributed by atoms with Gasteiger partial charge in [0.05, 0.1) is 24.2 Å². The van der Waals surface area contributed by atoms with Gasteiger partial charge in [0, 0.05) is 37.4 Å². The van der Waals surface area contributed by atoms with Crippen LogP contribution in [0.5, 0.6) is 5.75 Å². The lowest BCUT2D eigenvalue weighted by atomic mass is 10.1. The number of hydrogen-bond donors (Lipinski definition) is 0. The van der Waals surface area contributed by atoms with Crippen molar-refractivity contribution in [3.8, 4) is 17.1 Å². The van der Waals surface area contributed by atoms with Gasteiger partial charge in [0.15, 0.2) is 0 Å². The van der Waals surface area contributed by atoms with Crippen LogP contribution in [0.1, 0.15) is 11.3 Å². The SMILES string of the molecule is COc1ccc(-c2ccc(CN3CCN(c4ccc(Cl)c(C(F)(F)F)c4)CC3)o2)cc1. The topological polar surface area (TPSA) is 28.9 Å². The zero-order chi connectivity index (χ0) is 22.0. The molecule has 2 aromatic carbocycles. The Morgan fingerprint density at radius 1 is 0.968 bits per heavy atom. The molecule has 0 radical (unpaired) electrons. The smallest absolute Gasteiger partial charge is 0.417 e. The average molecular weight is 451 g/mol. The first kappa shape index (κ1) is 21.6. The van der Waals surface area contributed by atoms with Crippen molar-refractivity contribution in [2.45, 2.75) is 12.7 Å². The third kappa shape index (κ3) is 4.99. The van der Waals surface area contributed by atoms with E-state index >= 15 is 0 Å². The molecule has 0 aliphatic carbocycles. The quantitative estimate of drug-likeness (QED) is 0.480. The number of alkyl halides is 3. The Kier molecular flexibility index (Phi) is 6.16. The molecule has 1 fully saturated rings. The standard InChI is InChI=1S/C23H22ClF3N2O2/c1-30-18-5-2-16(3-6-18)22-9-7-19(31-22)15-28-10-12-29(13-11-28)17-4-8-21(24)20(14-17)23(25,26)27/h2-9,14H,10-13,15H2,1H3. The second kappa shape index (κ2) is 8.85. The van der Waals surface area contributed by atoms with Crippen LogP contribution in [0.2, 0.25) is 5.02 Å². The van der Waals surface area contributed by atoms with Crippen LogP contribution < -0.4 is 9.64 Å². The number of benzene rings is 2. The highest BCUT2D eigenvalue weighted by Gasteiger charge is 2.34. The van der Waals surface area contributed by atoms with Crippen LogP contribution in [-0.2, 0) is 12.7 Å². The Labute approximate surface area is 183 Å². The van der Waals surface area contributed by atoms with E-state index in [0.29, 0.717) is 25.3 Å². The van der Waals surface area contributed by atoms with E-state index in [1.165, 1.54) is 6.07 Å². The van der Waals surface area contributed by atoms with E-state index in [0.717, 1.165) is 42.0 Å². The predicted molar refractivity (Wildman–Crippen MR) is 115 cm³/mol. The molecule has 0 spiro atoms. The molecule has 0 bridgehead atoms. The number of methoxy groups -OCH3 is 1. The number of piperazine rings is 1. The Morgan fingerprint density at radius 3 is 2.32 bits per heavy atom. The van der Waals surface area contributed by atoms with Crippen molar-refractivity contribution in [2.24, 2.45) is 0 Å². The molecule has 0 unspecified atom stereocenters. The van der Waals surface area contributed by atoms with Crippen LogP contribution in [0.4, 0.5) is 18.9 Å². The lowest BCUT2D eigenvalue weighted by Crippen LogP contribution is -2.46. The largest absolute Gasteiger partial charge is 0.497 e. The van der Waals surface area contributed by atoms with Gasteiger partial charge in [-0.15, -0.1) is 0 Å². The van der Waals surface area contributed by atoms with E-state index in [1.807, 2.05) is 41.3 Å². The monoisotopic (exact) mass is 450 g/mol. The number of ether oxygens (including phenoxy) is 1. The molecule has 0 saturated carbocycles. The van der Waals surface area contributed by atoms with E-state index in [9.17, 15) is 13.2 Å². The molecule has 31 heavy (non-hydrogen) atoms. The Hall–Kier alpha value is -2.64. The van der Waals surface area contributed by atoms with Crippen molar-refractivity contribution in [3.63, 3.8) is 0 Å². The number of hydrogen-bond acceptors (Lipinski definition) is 4. The first-order valence-corrected chi connectivity index (χ1v) is 10.3. The van der Waals surface area contributed by atoms with Gasteiger partial charge in [-0.3, -0.25) is 4.90 Å². The molecule has 0 amide bonds. The summed E-state index contributed by atoms with van der Waals surface area (Å²) < 4.78 is 50.6. The fourth-order valence-corrected chi connectivity index (χ4v) is 3.91. The third-order valence-electron chi connectivity index (χ3n) is 5.41. The molecular weight excluding hydrogens is 429 g/mol. The summed E-state index contributed by atoms with van der Waals surface area (Å²) in [6, 6.07) is 15.7. The van der Waals surface area contributed by atoms with E-state index in [1.54, 1.807) is 13.2 Å². The maximum absolute atomic E-state index is 13.1. The fraction of sp³-hybridized carbons (Fsp3) is 0.304. The highest BCUT2D eigenvalue weighted by molar-refractivity contribution is 6.31. The van der Waals surface area contributed by atoms with Gasteiger partial charge < -0.3 is 14.1 Å². The Balaban J connectivity index is 1.36. The summed E-state index contributed by atoms with van der Waals surface area (Å²) in [6.07, 6.45) is -4.46. The number of halogens is 4. The van der Waals surface area contributed by atoms with Gasteiger partial charge in [0.25, 0.3) is 0 Å². The first-order chi connectivity index (χ1) is 14.8. The molecule has 4 rings (SSSR count). The summed E-state index contributed by atoms with van der Waals surface area (Å²) >= 11 is 5.73. The van der Waals surface area contributed by atoms with Crippen molar-refractivity contribution in [2.75, 3.05) is 38.2 Å². The molecule has 0 atom stereocenters. The fourth-order valence-electron chi connectivity index (χ4n) is 3.69. The highest BCUT2D eigenvalue weighted by atomic mass is 35.5. The Bertz CT molecular complexity index is 1030. The zero-order valence-corrected chi connectivity index (χ0v) is 17.7. The van der Waals surface area contributed by atoms with Crippen LogP contribution in [0.3, 0.4) is 0 Å². The number of rotatable bonds is 5. The molecular formula is C23H22ClF3N2O2. The van der Waals surface area contributed by atoms with Crippen LogP contribution in [0, 0.1) is 0 Å². The van der Waals surface area contributed by atoms with Gasteiger partial charge >= 0.3 is 6.18 Å². The van der Waals surface area contributed by atoms with Gasteiger partial charge in [-0.05, 0) is 54.6 Å². The van der Waals surface area contributed by atoms with E-state index in [2.05, 4.69) is 4.90 Å². The second-order valence-corrected chi connectivity index (χ2v) is 7.83. The van der Waals surface area contributed by atoms with Gasteiger partial charge in [0.2, 0.25) is 0 Å². The van der Waals surface area contributed by atoms with Crippen molar-refractivity contribution in [1.29, 1.82) is 0 Å². The minimum absolute atomic E-state index is 0.277. The molecule has 1 saturated heterocycles. The van der Waals surface area contributed by atoms with Crippen LogP contribution in [0.25, 0.3) is 11.3 Å². The molecule has 0 N–H and O–H groups in total. The molecule has 1 aromatic heterocycles. The molecule has 1 aliphatic rings. The maximum atomic E-state index is 13.1. The number of furan rings is 1. The maximum Gasteiger partial charge on any atom is 0.417 e. The molecule has 8 heteroatoms. The van der Waals surface area contributed by atoms with Crippen molar-refractivity contribution in [1.82, 2.24) is 4.90 Å². The normalized spacial score (nSPS) is 15.3. The third-order valence-corrected chi connectivity index (χ3v) is 5.74. The van der Waals surface area contributed by atoms with E-state index < -0.39 is 11.7 Å². The molecule has 3 aromatic rings. The van der Waals surface area contributed by atoms with Gasteiger partial charge in [0.1, 0.15) is 17.3 Å². The lowest BCUT2D eigenvalue weighted by molar-refractivity contribution is -0.137. The first-order valence-electron chi connectivity index (χ1n) is 9.90. The summed E-state index contributed by atoms with van der Waals surface area (Å²) in [5.74, 6) is 2.43. The average Bonchev–Trinajstić information content (AvgIpc) is 3.22. The summed E-state index contributed by atoms with van der Waals surface area (Å²) in [5.41, 5.74) is 0.715. The van der Waals surface area contributed by atoms with Gasteiger partial charge in [-0.1, -0.05) is 11.6 Å². The minimum atomic E-state index is -4.46. The summed E-state index contributed by atoms with van der Waals surface area (Å²) in [7, 11) is 1.63. The van der Waals surface area contributed by atoms with Crippen molar-refractivity contribution >= 4 is 17.3 Å². The van der Waals surface area contributed by atoms with E-state index in [-0.39, 0.29) is 5.02 Å². The molecule has 1 aliphatic heterocycles. The molecule has 4 nitrogen and oxygen atoms in total. The molecule has 2 heterocycles. The van der Waals surface area contributed by atoms with E-state index in [4.69, 9.17) is 20.8 Å². The van der Waals surface area contributed by atoms with Gasteiger partial charge in [-0.2, -0.15) is 13.2 Å². The highest BCUT2D eigenvalue weighted by Crippen LogP contribution is 2.37. The summed E-state index contributed by atoms with van der Waals surface area (Å²) in [6.45, 7) is 3.36. The van der Waals surface area contributed by atoms with Crippen LogP contribution in [-0.4, -0.2) is 38.2 Å². The number of nitrogens with zero attached hydrogens (tertiary/aromatic N) is 2. The minimum Gasteiger partial charge on any atom is -0.497 e. The van der Waals surface area contributed by atoms with Crippen molar-refractivity contribution in [3.05, 3.63) is 70.9 Å². The van der Waals surface area contributed by atoms with Gasteiger partial charge in [-0.25, -0.2) is 0 Å². The summed E-state index contributed by atoms with van der Waals surface area (Å²) in [4.78, 5) is 4.18. The van der Waals surface area contributed by atoms with Crippen LogP contribution >= 0.6 is 11.6 Å². The zero-order valence-electron chi connectivity index (χ0n) is 17.0. The number of anilines is 1. The second-order valence-electron chi connectivity index (χ2n) is 7.42. The Morgan fingerprint density at radius 2 is 1.68 bits per heavy atom. The van der Waals surface area contributed by atoms with Crippen LogP contribution in [0.15, 0.2) is 59.0 Å².